The summed E-state index contributed by atoms with van der Waals surface area (Å²) in [7, 11) is 1.69. The summed E-state index contributed by atoms with van der Waals surface area (Å²) in [4.78, 5) is 17.3. The number of hydrogen-bond acceptors (Lipinski definition) is 2. The molecule has 4 heteroatoms. The number of nitrogens with zero attached hydrogens (tertiary/aromatic N) is 2. The molecule has 0 saturated heterocycles. The van der Waals surface area contributed by atoms with Gasteiger partial charge in [-0.15, -0.1) is 0 Å². The number of fused-ring (bicyclic) bond motifs is 3. The molecule has 2 aromatic carbocycles. The first kappa shape index (κ1) is 17.5. The molecule has 1 aromatic heterocycles. The Morgan fingerprint density at radius 1 is 1.11 bits per heavy atom. The molecule has 2 heterocycles. The third kappa shape index (κ3) is 3.27. The Kier molecular flexibility index (Phi) is 4.80. The summed E-state index contributed by atoms with van der Waals surface area (Å²) < 4.78 is 2.22. The third-order valence-electron chi connectivity index (χ3n) is 5.36. The Bertz CT molecular complexity index is 970. The predicted octanol–water partition coefficient (Wildman–Crippen LogP) is 3.88. The van der Waals surface area contributed by atoms with Crippen LogP contribution >= 0.6 is 0 Å². The number of aromatic nitrogens is 2. The van der Waals surface area contributed by atoms with Crippen molar-refractivity contribution in [3.8, 4) is 16.9 Å². The van der Waals surface area contributed by atoms with E-state index >= 15 is 0 Å². The molecule has 0 unspecified atom stereocenters. The first-order valence-electron chi connectivity index (χ1n) is 9.70. The van der Waals surface area contributed by atoms with Crippen molar-refractivity contribution < 1.29 is 4.79 Å². The van der Waals surface area contributed by atoms with E-state index in [-0.39, 0.29) is 5.91 Å². The summed E-state index contributed by atoms with van der Waals surface area (Å²) in [6, 6.07) is 17.0. The fraction of sp³-hybridized carbons (Fsp3) is 0.304. The van der Waals surface area contributed by atoms with E-state index in [0.717, 1.165) is 54.1 Å². The predicted molar refractivity (Wildman–Crippen MR) is 108 cm³/mol. The van der Waals surface area contributed by atoms with Gasteiger partial charge in [0.2, 0.25) is 5.91 Å². The third-order valence-corrected chi connectivity index (χ3v) is 5.36. The maximum absolute atomic E-state index is 12.3. The average Bonchev–Trinajstić information content (AvgIpc) is 2.95. The Morgan fingerprint density at radius 2 is 1.89 bits per heavy atom. The molecule has 3 aromatic rings. The quantitative estimate of drug-likeness (QED) is 0.768. The zero-order valence-corrected chi connectivity index (χ0v) is 16.0. The minimum Gasteiger partial charge on any atom is -0.359 e. The van der Waals surface area contributed by atoms with E-state index < -0.39 is 0 Å². The summed E-state index contributed by atoms with van der Waals surface area (Å²) in [6.07, 6.45) is 4.37. The number of imidazole rings is 1. The van der Waals surface area contributed by atoms with Crippen molar-refractivity contribution >= 4 is 5.91 Å². The Morgan fingerprint density at radius 3 is 2.63 bits per heavy atom. The number of benzene rings is 2. The SMILES string of the molecule is CCc1ccc(-c2nc3n(c2CC(=O)NC)-c2ccccc2CCC3)cc1. The minimum atomic E-state index is 0.00542. The van der Waals surface area contributed by atoms with Crippen LogP contribution in [0, 0.1) is 0 Å². The highest BCUT2D eigenvalue weighted by molar-refractivity contribution is 5.81. The fourth-order valence-electron chi connectivity index (χ4n) is 3.87. The van der Waals surface area contributed by atoms with Gasteiger partial charge in [-0.05, 0) is 36.5 Å². The van der Waals surface area contributed by atoms with Gasteiger partial charge in [0, 0.05) is 19.0 Å². The molecule has 0 atom stereocenters. The number of amides is 1. The number of aryl methyl sites for hydroxylation is 3. The molecular formula is C23H25N3O. The monoisotopic (exact) mass is 359 g/mol. The van der Waals surface area contributed by atoms with E-state index in [9.17, 15) is 4.79 Å². The summed E-state index contributed by atoms with van der Waals surface area (Å²) in [5.41, 5.74) is 6.75. The Balaban J connectivity index is 1.92. The number of rotatable bonds is 4. The lowest BCUT2D eigenvalue weighted by atomic mass is 10.0. The van der Waals surface area contributed by atoms with Gasteiger partial charge in [0.25, 0.3) is 0 Å². The van der Waals surface area contributed by atoms with Crippen LogP contribution in [0.5, 0.6) is 0 Å². The van der Waals surface area contributed by atoms with Gasteiger partial charge < -0.3 is 5.32 Å². The Labute approximate surface area is 160 Å². The minimum absolute atomic E-state index is 0.00542. The van der Waals surface area contributed by atoms with Crippen molar-refractivity contribution in [2.45, 2.75) is 39.0 Å². The molecule has 0 aliphatic carbocycles. The smallest absolute Gasteiger partial charge is 0.225 e. The summed E-state index contributed by atoms with van der Waals surface area (Å²) in [6.45, 7) is 2.15. The molecule has 0 fully saturated rings. The number of likely N-dealkylation sites (N-methyl/N-ethyl adjacent to an activating group) is 1. The molecule has 0 radical (unpaired) electrons. The molecule has 4 nitrogen and oxygen atoms in total. The number of para-hydroxylation sites is 1. The van der Waals surface area contributed by atoms with Crippen LogP contribution in [0.1, 0.15) is 36.0 Å². The molecule has 1 aliphatic rings. The van der Waals surface area contributed by atoms with Crippen LogP contribution in [0.4, 0.5) is 0 Å². The number of carbonyl (C=O) groups is 1. The van der Waals surface area contributed by atoms with Gasteiger partial charge in [-0.25, -0.2) is 4.98 Å². The van der Waals surface area contributed by atoms with Crippen molar-refractivity contribution in [2.24, 2.45) is 0 Å². The molecule has 0 bridgehead atoms. The van der Waals surface area contributed by atoms with Crippen LogP contribution in [0.3, 0.4) is 0 Å². The van der Waals surface area contributed by atoms with Gasteiger partial charge in [0.15, 0.2) is 0 Å². The van der Waals surface area contributed by atoms with Crippen molar-refractivity contribution in [2.75, 3.05) is 7.05 Å². The molecule has 1 aliphatic heterocycles. The van der Waals surface area contributed by atoms with E-state index in [4.69, 9.17) is 4.98 Å². The topological polar surface area (TPSA) is 46.9 Å². The van der Waals surface area contributed by atoms with Gasteiger partial charge in [0.1, 0.15) is 5.82 Å². The van der Waals surface area contributed by atoms with Crippen LogP contribution in [0.15, 0.2) is 48.5 Å². The first-order valence-corrected chi connectivity index (χ1v) is 9.70. The zero-order chi connectivity index (χ0) is 18.8. The molecule has 1 N–H and O–H groups in total. The van der Waals surface area contributed by atoms with Crippen LogP contribution < -0.4 is 5.32 Å². The zero-order valence-electron chi connectivity index (χ0n) is 16.0. The van der Waals surface area contributed by atoms with Gasteiger partial charge >= 0.3 is 0 Å². The molecular weight excluding hydrogens is 334 g/mol. The van der Waals surface area contributed by atoms with Crippen molar-refractivity contribution in [3.63, 3.8) is 0 Å². The molecule has 1 amide bonds. The van der Waals surface area contributed by atoms with Crippen LogP contribution in [-0.4, -0.2) is 22.5 Å². The van der Waals surface area contributed by atoms with Crippen LogP contribution in [-0.2, 0) is 30.5 Å². The van der Waals surface area contributed by atoms with Gasteiger partial charge in [-0.1, -0.05) is 49.4 Å². The summed E-state index contributed by atoms with van der Waals surface area (Å²) in [5.74, 6) is 1.05. The van der Waals surface area contributed by atoms with Crippen molar-refractivity contribution in [1.29, 1.82) is 0 Å². The second kappa shape index (κ2) is 7.39. The second-order valence-corrected chi connectivity index (χ2v) is 7.04. The maximum Gasteiger partial charge on any atom is 0.225 e. The maximum atomic E-state index is 12.3. The highest BCUT2D eigenvalue weighted by Gasteiger charge is 2.24. The fourth-order valence-corrected chi connectivity index (χ4v) is 3.87. The van der Waals surface area contributed by atoms with E-state index in [0.29, 0.717) is 6.42 Å². The average molecular weight is 359 g/mol. The van der Waals surface area contributed by atoms with E-state index in [1.165, 1.54) is 11.1 Å². The van der Waals surface area contributed by atoms with Crippen molar-refractivity contribution in [1.82, 2.24) is 14.9 Å². The standard InChI is InChI=1S/C23H25N3O/c1-3-16-11-13-18(14-12-16)23-20(15-22(27)24-2)26-19-9-5-4-7-17(19)8-6-10-21(26)25-23/h4-5,7,9,11-14H,3,6,8,10,15H2,1-2H3,(H,24,27). The largest absolute Gasteiger partial charge is 0.359 e. The first-order chi connectivity index (χ1) is 13.2. The van der Waals surface area contributed by atoms with Gasteiger partial charge in [0.05, 0.1) is 23.5 Å². The van der Waals surface area contributed by atoms with E-state index in [1.54, 1.807) is 7.05 Å². The number of hydrogen-bond donors (Lipinski definition) is 1. The lowest BCUT2D eigenvalue weighted by Crippen LogP contribution is -2.22. The lowest BCUT2D eigenvalue weighted by Gasteiger charge is -2.14. The van der Waals surface area contributed by atoms with E-state index in [1.807, 2.05) is 0 Å². The molecule has 0 spiro atoms. The molecule has 27 heavy (non-hydrogen) atoms. The van der Waals surface area contributed by atoms with E-state index in [2.05, 4.69) is 65.3 Å². The van der Waals surface area contributed by atoms with Gasteiger partial charge in [-0.2, -0.15) is 0 Å². The highest BCUT2D eigenvalue weighted by atomic mass is 16.1. The molecule has 138 valence electrons. The molecule has 0 saturated carbocycles. The highest BCUT2D eigenvalue weighted by Crippen LogP contribution is 2.32. The second-order valence-electron chi connectivity index (χ2n) is 7.04. The normalized spacial score (nSPS) is 12.8. The number of carbonyl (C=O) groups excluding carboxylic acids is 1. The number of nitrogens with one attached hydrogen (secondary N) is 1. The van der Waals surface area contributed by atoms with Crippen LogP contribution in [0.2, 0.25) is 0 Å². The van der Waals surface area contributed by atoms with Gasteiger partial charge in [-0.3, -0.25) is 9.36 Å². The van der Waals surface area contributed by atoms with Crippen molar-refractivity contribution in [3.05, 3.63) is 71.2 Å². The summed E-state index contributed by atoms with van der Waals surface area (Å²) in [5, 5.41) is 2.77. The van der Waals surface area contributed by atoms with Crippen LogP contribution in [0.25, 0.3) is 16.9 Å². The Hall–Kier alpha value is -2.88. The lowest BCUT2D eigenvalue weighted by molar-refractivity contribution is -0.120. The summed E-state index contributed by atoms with van der Waals surface area (Å²) >= 11 is 0. The molecule has 4 rings (SSSR count).